The largest absolute Gasteiger partial charge is 0.417 e. The van der Waals surface area contributed by atoms with Gasteiger partial charge in [0.2, 0.25) is 5.91 Å². The number of rotatable bonds is 3. The molecule has 0 heterocycles. The summed E-state index contributed by atoms with van der Waals surface area (Å²) < 4.78 is 38.1. The number of hydrogen-bond donors (Lipinski definition) is 1. The number of nitrogens with zero attached hydrogens (tertiary/aromatic N) is 1. The number of nitrogens with one attached hydrogen (secondary N) is 1. The van der Waals surface area contributed by atoms with Crippen molar-refractivity contribution in [2.75, 3.05) is 5.32 Å². The van der Waals surface area contributed by atoms with Crippen molar-refractivity contribution in [1.29, 1.82) is 5.26 Å². The number of amides is 1. The van der Waals surface area contributed by atoms with E-state index in [1.54, 1.807) is 6.92 Å². The first kappa shape index (κ1) is 15.5. The standard InChI is InChI=1S/C12H10BrF3N2O/c1-2-10(13)11(19)18-8-4-3-7(6-17)9(5-8)12(14,15)16/h3-5,10H,2H2,1H3,(H,18,19). The smallest absolute Gasteiger partial charge is 0.325 e. The van der Waals surface area contributed by atoms with E-state index in [9.17, 15) is 18.0 Å². The van der Waals surface area contributed by atoms with Crippen molar-refractivity contribution in [2.45, 2.75) is 24.3 Å². The highest BCUT2D eigenvalue weighted by molar-refractivity contribution is 9.10. The molecule has 1 atom stereocenters. The molecule has 1 rings (SSSR count). The van der Waals surface area contributed by atoms with E-state index in [0.717, 1.165) is 12.1 Å². The Balaban J connectivity index is 3.07. The van der Waals surface area contributed by atoms with Crippen molar-refractivity contribution in [3.63, 3.8) is 0 Å². The van der Waals surface area contributed by atoms with Gasteiger partial charge in [-0.3, -0.25) is 4.79 Å². The Morgan fingerprint density at radius 3 is 2.63 bits per heavy atom. The molecule has 1 aromatic rings. The maximum absolute atomic E-state index is 12.7. The molecule has 3 nitrogen and oxygen atoms in total. The Bertz CT molecular complexity index is 523. The molecule has 0 saturated carbocycles. The molecule has 1 aromatic carbocycles. The topological polar surface area (TPSA) is 52.9 Å². The van der Waals surface area contributed by atoms with Crippen LogP contribution in [-0.2, 0) is 11.0 Å². The lowest BCUT2D eigenvalue weighted by Gasteiger charge is -2.13. The molecule has 0 bridgehead atoms. The average Bonchev–Trinajstić information content (AvgIpc) is 2.36. The van der Waals surface area contributed by atoms with Crippen LogP contribution in [0.25, 0.3) is 0 Å². The third kappa shape index (κ3) is 3.96. The number of anilines is 1. The van der Waals surface area contributed by atoms with Crippen LogP contribution in [0.15, 0.2) is 18.2 Å². The lowest BCUT2D eigenvalue weighted by Crippen LogP contribution is -2.22. The maximum Gasteiger partial charge on any atom is 0.417 e. The summed E-state index contributed by atoms with van der Waals surface area (Å²) in [5.41, 5.74) is -1.53. The molecule has 1 unspecified atom stereocenters. The normalized spacial score (nSPS) is 12.6. The second-order valence-corrected chi connectivity index (χ2v) is 4.84. The van der Waals surface area contributed by atoms with Crippen molar-refractivity contribution in [3.05, 3.63) is 29.3 Å². The number of alkyl halides is 4. The van der Waals surface area contributed by atoms with Gasteiger partial charge < -0.3 is 5.32 Å². The van der Waals surface area contributed by atoms with E-state index in [4.69, 9.17) is 5.26 Å². The molecule has 0 radical (unpaired) electrons. The van der Waals surface area contributed by atoms with E-state index < -0.39 is 28.0 Å². The zero-order chi connectivity index (χ0) is 14.6. The Morgan fingerprint density at radius 1 is 1.53 bits per heavy atom. The second-order valence-electron chi connectivity index (χ2n) is 3.73. The summed E-state index contributed by atoms with van der Waals surface area (Å²) >= 11 is 3.10. The van der Waals surface area contributed by atoms with Crippen molar-refractivity contribution in [3.8, 4) is 6.07 Å². The summed E-state index contributed by atoms with van der Waals surface area (Å²) in [6, 6.07) is 4.53. The van der Waals surface area contributed by atoms with Crippen molar-refractivity contribution in [1.82, 2.24) is 0 Å². The fraction of sp³-hybridized carbons (Fsp3) is 0.333. The van der Waals surface area contributed by atoms with Gasteiger partial charge in [0.05, 0.1) is 22.0 Å². The number of benzene rings is 1. The number of nitriles is 1. The first-order valence-electron chi connectivity index (χ1n) is 5.35. The van der Waals surface area contributed by atoms with Crippen LogP contribution in [0.5, 0.6) is 0 Å². The minimum Gasteiger partial charge on any atom is -0.325 e. The predicted molar refractivity (Wildman–Crippen MR) is 67.8 cm³/mol. The minimum atomic E-state index is -4.63. The third-order valence-electron chi connectivity index (χ3n) is 2.36. The zero-order valence-electron chi connectivity index (χ0n) is 9.88. The highest BCUT2D eigenvalue weighted by Gasteiger charge is 2.34. The summed E-state index contributed by atoms with van der Waals surface area (Å²) in [5.74, 6) is -0.430. The minimum absolute atomic E-state index is 0.00854. The lowest BCUT2D eigenvalue weighted by atomic mass is 10.1. The van der Waals surface area contributed by atoms with Gasteiger partial charge in [-0.05, 0) is 24.6 Å². The first-order chi connectivity index (χ1) is 8.79. The molecule has 0 saturated heterocycles. The quantitative estimate of drug-likeness (QED) is 0.857. The van der Waals surface area contributed by atoms with Crippen molar-refractivity contribution in [2.24, 2.45) is 0 Å². The molecule has 19 heavy (non-hydrogen) atoms. The summed E-state index contributed by atoms with van der Waals surface area (Å²) in [6.45, 7) is 1.76. The van der Waals surface area contributed by atoms with Crippen LogP contribution < -0.4 is 5.32 Å². The fourth-order valence-electron chi connectivity index (χ4n) is 1.36. The van der Waals surface area contributed by atoms with Crippen LogP contribution in [0.1, 0.15) is 24.5 Å². The third-order valence-corrected chi connectivity index (χ3v) is 3.42. The Labute approximate surface area is 116 Å². The summed E-state index contributed by atoms with van der Waals surface area (Å²) in [7, 11) is 0. The van der Waals surface area contributed by atoms with Crippen LogP contribution in [0.2, 0.25) is 0 Å². The molecule has 0 fully saturated rings. The highest BCUT2D eigenvalue weighted by atomic mass is 79.9. The molecule has 0 aliphatic carbocycles. The van der Waals surface area contributed by atoms with Gasteiger partial charge in [-0.2, -0.15) is 18.4 Å². The maximum atomic E-state index is 12.7. The molecule has 102 valence electrons. The van der Waals surface area contributed by atoms with Crippen LogP contribution in [0, 0.1) is 11.3 Å². The molecule has 0 spiro atoms. The number of halogens is 4. The van der Waals surface area contributed by atoms with E-state index >= 15 is 0 Å². The molecule has 0 aliphatic rings. The van der Waals surface area contributed by atoms with E-state index in [1.807, 2.05) is 0 Å². The van der Waals surface area contributed by atoms with E-state index in [0.29, 0.717) is 6.42 Å². The summed E-state index contributed by atoms with van der Waals surface area (Å²) in [5, 5.41) is 11.0. The molecule has 1 N–H and O–H groups in total. The predicted octanol–water partition coefficient (Wildman–Crippen LogP) is 3.69. The van der Waals surface area contributed by atoms with Crippen LogP contribution in [0.3, 0.4) is 0 Å². The number of carbonyl (C=O) groups is 1. The van der Waals surface area contributed by atoms with E-state index in [-0.39, 0.29) is 5.69 Å². The van der Waals surface area contributed by atoms with Gasteiger partial charge in [-0.15, -0.1) is 0 Å². The lowest BCUT2D eigenvalue weighted by molar-refractivity contribution is -0.137. The van der Waals surface area contributed by atoms with Gasteiger partial charge in [-0.25, -0.2) is 0 Å². The Hall–Kier alpha value is -1.55. The number of carbonyl (C=O) groups excluding carboxylic acids is 1. The molecular weight excluding hydrogens is 325 g/mol. The summed E-state index contributed by atoms with van der Waals surface area (Å²) in [6.07, 6.45) is -4.13. The van der Waals surface area contributed by atoms with E-state index in [2.05, 4.69) is 21.2 Å². The van der Waals surface area contributed by atoms with Crippen LogP contribution >= 0.6 is 15.9 Å². The van der Waals surface area contributed by atoms with Gasteiger partial charge in [0.15, 0.2) is 0 Å². The summed E-state index contributed by atoms with van der Waals surface area (Å²) in [4.78, 5) is 11.1. The molecule has 7 heteroatoms. The van der Waals surface area contributed by atoms with Gasteiger partial charge in [0, 0.05) is 5.69 Å². The van der Waals surface area contributed by atoms with Crippen LogP contribution in [0.4, 0.5) is 18.9 Å². The van der Waals surface area contributed by atoms with Gasteiger partial charge >= 0.3 is 6.18 Å². The number of hydrogen-bond acceptors (Lipinski definition) is 2. The highest BCUT2D eigenvalue weighted by Crippen LogP contribution is 2.33. The fourth-order valence-corrected chi connectivity index (χ4v) is 1.47. The average molecular weight is 335 g/mol. The van der Waals surface area contributed by atoms with Gasteiger partial charge in [0.1, 0.15) is 0 Å². The molecule has 0 aromatic heterocycles. The molecule has 1 amide bonds. The first-order valence-corrected chi connectivity index (χ1v) is 6.27. The van der Waals surface area contributed by atoms with Gasteiger partial charge in [0.25, 0.3) is 0 Å². The SMILES string of the molecule is CCC(Br)C(=O)Nc1ccc(C#N)c(C(F)(F)F)c1. The molecular formula is C12H10BrF3N2O. The monoisotopic (exact) mass is 334 g/mol. The van der Waals surface area contributed by atoms with Gasteiger partial charge in [-0.1, -0.05) is 22.9 Å². The Morgan fingerprint density at radius 2 is 2.16 bits per heavy atom. The van der Waals surface area contributed by atoms with E-state index in [1.165, 1.54) is 12.1 Å². The molecule has 0 aliphatic heterocycles. The van der Waals surface area contributed by atoms with Crippen LogP contribution in [-0.4, -0.2) is 10.7 Å². The second kappa shape index (κ2) is 6.06. The van der Waals surface area contributed by atoms with Crippen molar-refractivity contribution < 1.29 is 18.0 Å². The zero-order valence-corrected chi connectivity index (χ0v) is 11.5. The van der Waals surface area contributed by atoms with Crippen molar-refractivity contribution >= 4 is 27.5 Å². The Kier molecular flexibility index (Phi) is 4.95.